The first-order valence-electron chi connectivity index (χ1n) is 7.05. The fourth-order valence-corrected chi connectivity index (χ4v) is 2.38. The molecule has 0 aromatic heterocycles. The molecule has 1 aromatic carbocycles. The summed E-state index contributed by atoms with van der Waals surface area (Å²) in [6.45, 7) is 4.01. The fraction of sp³-hybridized carbons (Fsp3) is 0.467. The quantitative estimate of drug-likeness (QED) is 0.881. The number of hydrogen-bond donors (Lipinski definition) is 2. The minimum atomic E-state index is -0.242. The molecule has 1 saturated carbocycles. The topological polar surface area (TPSA) is 76.7 Å². The lowest BCUT2D eigenvalue weighted by Gasteiger charge is -2.08. The van der Waals surface area contributed by atoms with Crippen LogP contribution in [0.2, 0.25) is 0 Å². The smallest absolute Gasteiger partial charge is 0.231 e. The van der Waals surface area contributed by atoms with E-state index in [0.29, 0.717) is 23.6 Å². The third-order valence-electron chi connectivity index (χ3n) is 3.54. The molecule has 1 fully saturated rings. The lowest BCUT2D eigenvalue weighted by atomic mass is 10.2. The molecule has 0 bridgehead atoms. The van der Waals surface area contributed by atoms with Crippen molar-refractivity contribution in [3.8, 4) is 11.5 Å². The van der Waals surface area contributed by atoms with Gasteiger partial charge >= 0.3 is 0 Å². The number of rotatable bonds is 4. The number of fused-ring (bicyclic) bond motifs is 1. The standard InChI is InChI=1S/C15H18N2O4/c1-8(2)16-14(18)10-6-11(10)15(19)17-9-3-4-12-13(5-9)21-7-20-12/h3-5,8,10-11H,6-7H2,1-2H3,(H,16,18)(H,17,19). The van der Waals surface area contributed by atoms with Gasteiger partial charge in [0.2, 0.25) is 18.6 Å². The largest absolute Gasteiger partial charge is 0.454 e. The summed E-state index contributed by atoms with van der Waals surface area (Å²) in [4.78, 5) is 23.9. The molecule has 2 N–H and O–H groups in total. The SMILES string of the molecule is CC(C)NC(=O)C1CC1C(=O)Nc1ccc2c(c1)OCO2. The van der Waals surface area contributed by atoms with Crippen molar-refractivity contribution in [2.24, 2.45) is 11.8 Å². The molecule has 112 valence electrons. The van der Waals surface area contributed by atoms with Crippen LogP contribution in [0.15, 0.2) is 18.2 Å². The first-order chi connectivity index (χ1) is 10.0. The third kappa shape index (κ3) is 2.94. The number of benzene rings is 1. The van der Waals surface area contributed by atoms with Gasteiger partial charge in [0.1, 0.15) is 0 Å². The van der Waals surface area contributed by atoms with Crippen LogP contribution in [0.25, 0.3) is 0 Å². The number of nitrogens with one attached hydrogen (secondary N) is 2. The van der Waals surface area contributed by atoms with E-state index in [2.05, 4.69) is 10.6 Å². The molecule has 1 aliphatic carbocycles. The Kier molecular flexibility index (Phi) is 3.45. The van der Waals surface area contributed by atoms with Crippen molar-refractivity contribution in [1.29, 1.82) is 0 Å². The van der Waals surface area contributed by atoms with Crippen LogP contribution in [-0.2, 0) is 9.59 Å². The summed E-state index contributed by atoms with van der Waals surface area (Å²) < 4.78 is 10.5. The maximum Gasteiger partial charge on any atom is 0.231 e. The van der Waals surface area contributed by atoms with E-state index in [4.69, 9.17) is 9.47 Å². The number of ether oxygens (including phenoxy) is 2. The number of amides is 2. The molecular formula is C15H18N2O4. The normalized spacial score (nSPS) is 22.0. The molecule has 1 aliphatic heterocycles. The van der Waals surface area contributed by atoms with Gasteiger partial charge in [0.15, 0.2) is 11.5 Å². The van der Waals surface area contributed by atoms with Gasteiger partial charge in [-0.25, -0.2) is 0 Å². The number of anilines is 1. The lowest BCUT2D eigenvalue weighted by molar-refractivity contribution is -0.125. The molecule has 0 saturated heterocycles. The second-order valence-electron chi connectivity index (χ2n) is 5.67. The van der Waals surface area contributed by atoms with Crippen LogP contribution in [0.5, 0.6) is 11.5 Å². The van der Waals surface area contributed by atoms with E-state index in [0.717, 1.165) is 0 Å². The van der Waals surface area contributed by atoms with Crippen molar-refractivity contribution >= 4 is 17.5 Å². The average molecular weight is 290 g/mol. The van der Waals surface area contributed by atoms with E-state index in [-0.39, 0.29) is 36.5 Å². The van der Waals surface area contributed by atoms with Gasteiger partial charge < -0.3 is 20.1 Å². The van der Waals surface area contributed by atoms with Crippen LogP contribution < -0.4 is 20.1 Å². The monoisotopic (exact) mass is 290 g/mol. The lowest BCUT2D eigenvalue weighted by Crippen LogP contribution is -2.32. The molecule has 6 heteroatoms. The maximum atomic E-state index is 12.1. The molecule has 21 heavy (non-hydrogen) atoms. The minimum Gasteiger partial charge on any atom is -0.454 e. The van der Waals surface area contributed by atoms with Gasteiger partial charge in [-0.05, 0) is 32.4 Å². The van der Waals surface area contributed by atoms with E-state index in [9.17, 15) is 9.59 Å². The first kappa shape index (κ1) is 13.7. The molecule has 2 aliphatic rings. The molecule has 2 amide bonds. The van der Waals surface area contributed by atoms with Crippen molar-refractivity contribution in [3.63, 3.8) is 0 Å². The molecule has 1 aromatic rings. The fourth-order valence-electron chi connectivity index (χ4n) is 2.38. The summed E-state index contributed by atoms with van der Waals surface area (Å²) in [6.07, 6.45) is 0.606. The molecule has 3 rings (SSSR count). The Morgan fingerprint density at radius 2 is 1.86 bits per heavy atom. The van der Waals surface area contributed by atoms with Gasteiger partial charge in [-0.15, -0.1) is 0 Å². The van der Waals surface area contributed by atoms with E-state index < -0.39 is 0 Å². The van der Waals surface area contributed by atoms with Crippen LogP contribution in [0.3, 0.4) is 0 Å². The summed E-state index contributed by atoms with van der Waals surface area (Å²) in [5.41, 5.74) is 0.652. The van der Waals surface area contributed by atoms with Crippen molar-refractivity contribution < 1.29 is 19.1 Å². The number of carbonyl (C=O) groups is 2. The van der Waals surface area contributed by atoms with E-state index in [1.807, 2.05) is 13.8 Å². The Balaban J connectivity index is 1.57. The molecule has 6 nitrogen and oxygen atoms in total. The van der Waals surface area contributed by atoms with E-state index in [1.54, 1.807) is 18.2 Å². The number of hydrogen-bond acceptors (Lipinski definition) is 4. The summed E-state index contributed by atoms with van der Waals surface area (Å²) in [5, 5.41) is 5.65. The molecule has 2 atom stereocenters. The van der Waals surface area contributed by atoms with Gasteiger partial charge in [0.05, 0.1) is 11.8 Å². The minimum absolute atomic E-state index is 0.0455. The second-order valence-corrected chi connectivity index (χ2v) is 5.67. The van der Waals surface area contributed by atoms with E-state index >= 15 is 0 Å². The third-order valence-corrected chi connectivity index (χ3v) is 3.54. The van der Waals surface area contributed by atoms with Crippen LogP contribution in [0.1, 0.15) is 20.3 Å². The average Bonchev–Trinajstić information content (AvgIpc) is 3.10. The van der Waals surface area contributed by atoms with Crippen LogP contribution >= 0.6 is 0 Å². The Bertz CT molecular complexity index is 585. The summed E-state index contributed by atoms with van der Waals surface area (Å²) in [7, 11) is 0. The van der Waals surface area contributed by atoms with Crippen LogP contribution in [0, 0.1) is 11.8 Å². The van der Waals surface area contributed by atoms with Crippen molar-refractivity contribution in [1.82, 2.24) is 5.32 Å². The molecule has 2 unspecified atom stereocenters. The van der Waals surface area contributed by atoms with Gasteiger partial charge in [0, 0.05) is 17.8 Å². The Hall–Kier alpha value is -2.24. The molecule has 0 radical (unpaired) electrons. The van der Waals surface area contributed by atoms with Crippen molar-refractivity contribution in [2.45, 2.75) is 26.3 Å². The van der Waals surface area contributed by atoms with Gasteiger partial charge in [-0.3, -0.25) is 9.59 Å². The van der Waals surface area contributed by atoms with Gasteiger partial charge in [-0.1, -0.05) is 0 Å². The molecule has 1 heterocycles. The Labute approximate surface area is 122 Å². The van der Waals surface area contributed by atoms with Crippen LogP contribution in [-0.4, -0.2) is 24.6 Å². The molecular weight excluding hydrogens is 272 g/mol. The highest BCUT2D eigenvalue weighted by Gasteiger charge is 2.48. The van der Waals surface area contributed by atoms with E-state index in [1.165, 1.54) is 0 Å². The summed E-state index contributed by atoms with van der Waals surface area (Å²) >= 11 is 0. The van der Waals surface area contributed by atoms with Crippen molar-refractivity contribution in [3.05, 3.63) is 18.2 Å². The highest BCUT2D eigenvalue weighted by atomic mass is 16.7. The maximum absolute atomic E-state index is 12.1. The summed E-state index contributed by atoms with van der Waals surface area (Å²) in [6, 6.07) is 5.34. The predicted octanol–water partition coefficient (Wildman–Crippen LogP) is 1.51. The first-order valence-corrected chi connectivity index (χ1v) is 7.05. The molecule has 0 spiro atoms. The second kappa shape index (κ2) is 5.27. The summed E-state index contributed by atoms with van der Waals surface area (Å²) in [5.74, 6) is 0.676. The highest BCUT2D eigenvalue weighted by molar-refractivity contribution is 5.99. The number of carbonyl (C=O) groups excluding carboxylic acids is 2. The zero-order chi connectivity index (χ0) is 15.0. The van der Waals surface area contributed by atoms with Gasteiger partial charge in [-0.2, -0.15) is 0 Å². The Morgan fingerprint density at radius 3 is 2.62 bits per heavy atom. The van der Waals surface area contributed by atoms with Gasteiger partial charge in [0.25, 0.3) is 0 Å². The van der Waals surface area contributed by atoms with Crippen molar-refractivity contribution in [2.75, 3.05) is 12.1 Å². The Morgan fingerprint density at radius 1 is 1.14 bits per heavy atom. The predicted molar refractivity (Wildman–Crippen MR) is 76.1 cm³/mol. The zero-order valence-electron chi connectivity index (χ0n) is 12.0. The van der Waals surface area contributed by atoms with Crippen LogP contribution in [0.4, 0.5) is 5.69 Å². The highest BCUT2D eigenvalue weighted by Crippen LogP contribution is 2.40. The zero-order valence-corrected chi connectivity index (χ0v) is 12.0.